The van der Waals surface area contributed by atoms with Gasteiger partial charge in [0.2, 0.25) is 11.8 Å². The first-order valence-electron chi connectivity index (χ1n) is 4.98. The smallest absolute Gasteiger partial charge is 0.234 e. The van der Waals surface area contributed by atoms with Crippen LogP contribution in [0.15, 0.2) is 0 Å². The quantitative estimate of drug-likeness (QED) is 0.458. The molecule has 6 heteroatoms. The highest BCUT2D eigenvalue weighted by Gasteiger charge is 2.20. The van der Waals surface area contributed by atoms with E-state index < -0.39 is 0 Å². The highest BCUT2D eigenvalue weighted by Crippen LogP contribution is 1.97. The number of carbonyl (C=O) groups excluding carboxylic acids is 2. The monoisotopic (exact) mass is 215 g/mol. The molecular weight excluding hydrogens is 198 g/mol. The molecule has 2 amide bonds. The molecule has 1 aliphatic heterocycles. The zero-order chi connectivity index (χ0) is 11.1. The second kappa shape index (κ2) is 6.36. The number of ether oxygens (including phenoxy) is 1. The van der Waals surface area contributed by atoms with E-state index >= 15 is 0 Å². The van der Waals surface area contributed by atoms with Gasteiger partial charge in [-0.1, -0.05) is 0 Å². The fourth-order valence-corrected chi connectivity index (χ4v) is 1.34. The summed E-state index contributed by atoms with van der Waals surface area (Å²) in [7, 11) is 1.58. The van der Waals surface area contributed by atoms with Crippen LogP contribution in [0.4, 0.5) is 0 Å². The van der Waals surface area contributed by atoms with Crippen LogP contribution in [0.3, 0.4) is 0 Å². The maximum atomic E-state index is 11.2. The van der Waals surface area contributed by atoms with Crippen LogP contribution < -0.4 is 16.0 Å². The van der Waals surface area contributed by atoms with Gasteiger partial charge in [-0.05, 0) is 0 Å². The Kier molecular flexibility index (Phi) is 5.06. The molecular formula is C9H17N3O3. The fourth-order valence-electron chi connectivity index (χ4n) is 1.34. The predicted molar refractivity (Wildman–Crippen MR) is 54.3 cm³/mol. The maximum Gasteiger partial charge on any atom is 0.234 e. The van der Waals surface area contributed by atoms with E-state index in [4.69, 9.17) is 4.74 Å². The van der Waals surface area contributed by atoms with Gasteiger partial charge in [-0.3, -0.25) is 9.59 Å². The molecule has 1 heterocycles. The van der Waals surface area contributed by atoms with Gasteiger partial charge in [0.05, 0.1) is 13.2 Å². The molecule has 6 nitrogen and oxygen atoms in total. The zero-order valence-electron chi connectivity index (χ0n) is 8.84. The Bertz CT molecular complexity index is 233. The lowest BCUT2D eigenvalue weighted by Crippen LogP contribution is -2.40. The Balaban J connectivity index is 2.03. The van der Waals surface area contributed by atoms with E-state index in [1.165, 1.54) is 0 Å². The van der Waals surface area contributed by atoms with Crippen LogP contribution in [0.2, 0.25) is 0 Å². The molecule has 0 aliphatic carbocycles. The largest absolute Gasteiger partial charge is 0.383 e. The van der Waals surface area contributed by atoms with Gasteiger partial charge in [0.1, 0.15) is 0 Å². The Morgan fingerprint density at radius 1 is 1.67 bits per heavy atom. The van der Waals surface area contributed by atoms with Crippen LogP contribution in [-0.2, 0) is 14.3 Å². The van der Waals surface area contributed by atoms with Crippen LogP contribution in [0, 0.1) is 0 Å². The van der Waals surface area contributed by atoms with Crippen LogP contribution in [0.1, 0.15) is 6.42 Å². The Hall–Kier alpha value is -1.14. The summed E-state index contributed by atoms with van der Waals surface area (Å²) in [6.45, 7) is 1.86. The summed E-state index contributed by atoms with van der Waals surface area (Å²) in [6, 6.07) is 0.0747. The zero-order valence-corrected chi connectivity index (χ0v) is 8.84. The molecule has 1 unspecified atom stereocenters. The maximum absolute atomic E-state index is 11.2. The number of hydrogen-bond acceptors (Lipinski definition) is 4. The first-order chi connectivity index (χ1) is 7.22. The Labute approximate surface area is 88.7 Å². The highest BCUT2D eigenvalue weighted by atomic mass is 16.5. The van der Waals surface area contributed by atoms with Crippen molar-refractivity contribution in [3.63, 3.8) is 0 Å². The number of amides is 2. The predicted octanol–water partition coefficient (Wildman–Crippen LogP) is -1.77. The number of carbonyl (C=O) groups is 2. The van der Waals surface area contributed by atoms with Gasteiger partial charge in [0, 0.05) is 32.7 Å². The number of hydrogen-bond donors (Lipinski definition) is 3. The third-order valence-corrected chi connectivity index (χ3v) is 2.16. The van der Waals surface area contributed by atoms with Crippen molar-refractivity contribution in [3.05, 3.63) is 0 Å². The average molecular weight is 215 g/mol. The lowest BCUT2D eigenvalue weighted by atomic mass is 10.2. The second-order valence-electron chi connectivity index (χ2n) is 3.43. The van der Waals surface area contributed by atoms with Crippen LogP contribution in [-0.4, -0.2) is 51.2 Å². The standard InChI is InChI=1S/C9H17N3O3/c1-15-3-2-10-9(14)6-11-7-4-8(13)12-5-7/h7,11H,2-6H2,1H3,(H,10,14)(H,12,13). The molecule has 0 spiro atoms. The van der Waals surface area contributed by atoms with Crippen LogP contribution in [0.5, 0.6) is 0 Å². The van der Waals surface area contributed by atoms with E-state index in [1.54, 1.807) is 7.11 Å². The van der Waals surface area contributed by atoms with E-state index in [9.17, 15) is 9.59 Å². The van der Waals surface area contributed by atoms with E-state index in [-0.39, 0.29) is 24.4 Å². The van der Waals surface area contributed by atoms with Crippen molar-refractivity contribution in [2.75, 3.05) is 33.4 Å². The normalized spacial score (nSPS) is 20.1. The summed E-state index contributed by atoms with van der Waals surface area (Å²) in [5.41, 5.74) is 0. The molecule has 3 N–H and O–H groups in total. The summed E-state index contributed by atoms with van der Waals surface area (Å²) in [6.07, 6.45) is 0.450. The number of methoxy groups -OCH3 is 1. The number of nitrogens with one attached hydrogen (secondary N) is 3. The molecule has 86 valence electrons. The van der Waals surface area contributed by atoms with E-state index in [0.717, 1.165) is 0 Å². The third kappa shape index (κ3) is 4.75. The summed E-state index contributed by atoms with van der Waals surface area (Å²) in [5, 5.41) is 8.38. The third-order valence-electron chi connectivity index (χ3n) is 2.16. The first-order valence-corrected chi connectivity index (χ1v) is 4.98. The van der Waals surface area contributed by atoms with Gasteiger partial charge in [-0.15, -0.1) is 0 Å². The summed E-state index contributed by atoms with van der Waals surface area (Å²) < 4.78 is 4.79. The fraction of sp³-hybridized carbons (Fsp3) is 0.778. The molecule has 1 saturated heterocycles. The molecule has 0 aromatic carbocycles. The van der Waals surface area contributed by atoms with Crippen molar-refractivity contribution in [2.45, 2.75) is 12.5 Å². The summed E-state index contributed by atoms with van der Waals surface area (Å²) in [5.74, 6) is -0.0429. The average Bonchev–Trinajstić information content (AvgIpc) is 2.62. The Morgan fingerprint density at radius 3 is 3.07 bits per heavy atom. The van der Waals surface area contributed by atoms with Crippen molar-refractivity contribution < 1.29 is 14.3 Å². The van der Waals surface area contributed by atoms with E-state index in [1.807, 2.05) is 0 Å². The molecule has 0 radical (unpaired) electrons. The molecule has 0 aromatic rings. The van der Waals surface area contributed by atoms with Crippen molar-refractivity contribution in [3.8, 4) is 0 Å². The van der Waals surface area contributed by atoms with Crippen LogP contribution in [0.25, 0.3) is 0 Å². The van der Waals surface area contributed by atoms with Gasteiger partial charge in [0.25, 0.3) is 0 Å². The minimum absolute atomic E-state index is 0.0345. The van der Waals surface area contributed by atoms with Crippen molar-refractivity contribution in [1.29, 1.82) is 0 Å². The molecule has 15 heavy (non-hydrogen) atoms. The first kappa shape index (κ1) is 11.9. The van der Waals surface area contributed by atoms with Crippen LogP contribution >= 0.6 is 0 Å². The van der Waals surface area contributed by atoms with E-state index in [0.29, 0.717) is 26.1 Å². The van der Waals surface area contributed by atoms with Crippen molar-refractivity contribution >= 4 is 11.8 Å². The SMILES string of the molecule is COCCNC(=O)CNC1CNC(=O)C1. The van der Waals surface area contributed by atoms with Gasteiger partial charge >= 0.3 is 0 Å². The molecule has 0 saturated carbocycles. The molecule has 1 rings (SSSR count). The van der Waals surface area contributed by atoms with E-state index in [2.05, 4.69) is 16.0 Å². The van der Waals surface area contributed by atoms with Gasteiger partial charge < -0.3 is 20.7 Å². The molecule has 1 fully saturated rings. The molecule has 0 bridgehead atoms. The summed E-state index contributed by atoms with van der Waals surface area (Å²) in [4.78, 5) is 22.1. The van der Waals surface area contributed by atoms with Crippen molar-refractivity contribution in [1.82, 2.24) is 16.0 Å². The molecule has 0 aromatic heterocycles. The Morgan fingerprint density at radius 2 is 2.47 bits per heavy atom. The topological polar surface area (TPSA) is 79.5 Å². The lowest BCUT2D eigenvalue weighted by Gasteiger charge is -2.10. The summed E-state index contributed by atoms with van der Waals surface area (Å²) >= 11 is 0. The molecule has 1 atom stereocenters. The molecule has 1 aliphatic rings. The minimum atomic E-state index is -0.0774. The minimum Gasteiger partial charge on any atom is -0.383 e. The number of rotatable bonds is 6. The lowest BCUT2D eigenvalue weighted by molar-refractivity contribution is -0.121. The van der Waals surface area contributed by atoms with Gasteiger partial charge in [-0.2, -0.15) is 0 Å². The van der Waals surface area contributed by atoms with Gasteiger partial charge in [0.15, 0.2) is 0 Å². The van der Waals surface area contributed by atoms with Crippen molar-refractivity contribution in [2.24, 2.45) is 0 Å². The van der Waals surface area contributed by atoms with Gasteiger partial charge in [-0.25, -0.2) is 0 Å². The second-order valence-corrected chi connectivity index (χ2v) is 3.43. The highest BCUT2D eigenvalue weighted by molar-refractivity contribution is 5.80.